The maximum absolute atomic E-state index is 12.4. The molecule has 0 spiro atoms. The summed E-state index contributed by atoms with van der Waals surface area (Å²) >= 11 is 0. The van der Waals surface area contributed by atoms with Gasteiger partial charge in [0.15, 0.2) is 0 Å². The van der Waals surface area contributed by atoms with Crippen LogP contribution < -0.4 is 0 Å². The molecule has 1 aromatic rings. The molecule has 0 aromatic heterocycles. The molecule has 0 saturated carbocycles. The summed E-state index contributed by atoms with van der Waals surface area (Å²) in [4.78, 5) is 16.5. The van der Waals surface area contributed by atoms with Crippen LogP contribution in [0.3, 0.4) is 0 Å². The Kier molecular flexibility index (Phi) is 7.09. The molecule has 0 heterocycles. The fourth-order valence-corrected chi connectivity index (χ4v) is 2.25. The molecule has 1 rings (SSSR count). The van der Waals surface area contributed by atoms with E-state index in [1.54, 1.807) is 29.2 Å². The average Bonchev–Trinajstić information content (AvgIpc) is 2.47. The van der Waals surface area contributed by atoms with Gasteiger partial charge in [-0.1, -0.05) is 26.0 Å². The summed E-state index contributed by atoms with van der Waals surface area (Å²) in [5.74, 6) is -0.0372. The van der Waals surface area contributed by atoms with Crippen LogP contribution >= 0.6 is 0 Å². The molecule has 20 heavy (non-hydrogen) atoms. The van der Waals surface area contributed by atoms with Gasteiger partial charge in [-0.05, 0) is 45.1 Å². The van der Waals surface area contributed by atoms with E-state index in [1.807, 2.05) is 6.92 Å². The molecule has 4 heteroatoms. The summed E-state index contributed by atoms with van der Waals surface area (Å²) in [5.41, 5.74) is 0.386. The van der Waals surface area contributed by atoms with Gasteiger partial charge >= 0.3 is 0 Å². The molecule has 1 aromatic carbocycles. The molecule has 112 valence electrons. The lowest BCUT2D eigenvalue weighted by Crippen LogP contribution is -2.34. The van der Waals surface area contributed by atoms with Gasteiger partial charge in [0.25, 0.3) is 5.91 Å². The molecule has 0 radical (unpaired) electrons. The predicted octanol–water partition coefficient (Wildman–Crippen LogP) is 2.59. The Morgan fingerprint density at radius 2 is 1.70 bits per heavy atom. The van der Waals surface area contributed by atoms with Crippen molar-refractivity contribution < 1.29 is 9.90 Å². The highest BCUT2D eigenvalue weighted by Crippen LogP contribution is 2.17. The highest BCUT2D eigenvalue weighted by molar-refractivity contribution is 5.96. The van der Waals surface area contributed by atoms with E-state index in [9.17, 15) is 9.90 Å². The zero-order chi connectivity index (χ0) is 15.0. The van der Waals surface area contributed by atoms with E-state index in [0.717, 1.165) is 32.6 Å². The van der Waals surface area contributed by atoms with Gasteiger partial charge in [-0.15, -0.1) is 0 Å². The number of phenolic OH excluding ortho intramolecular Hbond substituents is 1. The van der Waals surface area contributed by atoms with E-state index in [2.05, 4.69) is 18.7 Å². The lowest BCUT2D eigenvalue weighted by molar-refractivity contribution is 0.0754. The number of hydrogen-bond donors (Lipinski definition) is 1. The molecule has 0 bridgehead atoms. The van der Waals surface area contributed by atoms with Crippen LogP contribution in [0.25, 0.3) is 0 Å². The zero-order valence-electron chi connectivity index (χ0n) is 12.8. The minimum Gasteiger partial charge on any atom is -0.507 e. The number of phenols is 1. The number of benzene rings is 1. The molecule has 0 saturated heterocycles. The topological polar surface area (TPSA) is 43.8 Å². The van der Waals surface area contributed by atoms with Gasteiger partial charge in [0.1, 0.15) is 5.75 Å². The van der Waals surface area contributed by atoms with Crippen molar-refractivity contribution in [2.45, 2.75) is 27.2 Å². The third-order valence-corrected chi connectivity index (χ3v) is 3.60. The van der Waals surface area contributed by atoms with Gasteiger partial charge in [0.2, 0.25) is 0 Å². The molecular weight excluding hydrogens is 252 g/mol. The molecule has 4 nitrogen and oxygen atoms in total. The summed E-state index contributed by atoms with van der Waals surface area (Å²) < 4.78 is 0. The maximum atomic E-state index is 12.4. The first kappa shape index (κ1) is 16.5. The van der Waals surface area contributed by atoms with Crippen molar-refractivity contribution in [3.63, 3.8) is 0 Å². The van der Waals surface area contributed by atoms with Gasteiger partial charge in [-0.25, -0.2) is 0 Å². The lowest BCUT2D eigenvalue weighted by atomic mass is 10.1. The number of nitrogens with zero attached hydrogens (tertiary/aromatic N) is 2. The van der Waals surface area contributed by atoms with Crippen LogP contribution in [-0.2, 0) is 0 Å². The molecular formula is C16H26N2O2. The first-order chi connectivity index (χ1) is 9.63. The highest BCUT2D eigenvalue weighted by atomic mass is 16.3. The smallest absolute Gasteiger partial charge is 0.257 e. The summed E-state index contributed by atoms with van der Waals surface area (Å²) in [7, 11) is 0. The Labute approximate surface area is 122 Å². The highest BCUT2D eigenvalue weighted by Gasteiger charge is 2.16. The van der Waals surface area contributed by atoms with Gasteiger partial charge in [-0.3, -0.25) is 4.79 Å². The molecule has 0 atom stereocenters. The molecule has 1 amide bonds. The largest absolute Gasteiger partial charge is 0.507 e. The van der Waals surface area contributed by atoms with E-state index in [-0.39, 0.29) is 11.7 Å². The van der Waals surface area contributed by atoms with Gasteiger partial charge in [0, 0.05) is 13.1 Å². The summed E-state index contributed by atoms with van der Waals surface area (Å²) in [5, 5.41) is 9.76. The molecule has 0 aliphatic carbocycles. The van der Waals surface area contributed by atoms with Crippen molar-refractivity contribution in [2.75, 3.05) is 32.7 Å². The Bertz CT molecular complexity index is 417. The van der Waals surface area contributed by atoms with Crippen molar-refractivity contribution in [1.82, 2.24) is 9.80 Å². The van der Waals surface area contributed by atoms with Crippen LogP contribution in [0.15, 0.2) is 24.3 Å². The van der Waals surface area contributed by atoms with E-state index in [1.165, 1.54) is 0 Å². The van der Waals surface area contributed by atoms with E-state index in [0.29, 0.717) is 12.1 Å². The number of aromatic hydroxyl groups is 1. The van der Waals surface area contributed by atoms with Crippen LogP contribution in [0.4, 0.5) is 0 Å². The van der Waals surface area contributed by atoms with Crippen LogP contribution in [0, 0.1) is 0 Å². The van der Waals surface area contributed by atoms with Crippen LogP contribution in [-0.4, -0.2) is 53.5 Å². The number of carbonyl (C=O) groups is 1. The second-order valence-corrected chi connectivity index (χ2v) is 4.78. The number of carbonyl (C=O) groups excluding carboxylic acids is 1. The van der Waals surface area contributed by atoms with Gasteiger partial charge in [0.05, 0.1) is 5.56 Å². The lowest BCUT2D eigenvalue weighted by Gasteiger charge is -2.24. The average molecular weight is 278 g/mol. The Morgan fingerprint density at radius 3 is 2.25 bits per heavy atom. The van der Waals surface area contributed by atoms with Crippen LogP contribution in [0.5, 0.6) is 5.75 Å². The Hall–Kier alpha value is -1.55. The summed E-state index contributed by atoms with van der Waals surface area (Å²) in [6.45, 7) is 10.7. The van der Waals surface area contributed by atoms with Crippen molar-refractivity contribution in [3.05, 3.63) is 29.8 Å². The number of para-hydroxylation sites is 1. The Morgan fingerprint density at radius 1 is 1.05 bits per heavy atom. The zero-order valence-corrected chi connectivity index (χ0v) is 12.8. The second kappa shape index (κ2) is 8.59. The summed E-state index contributed by atoms with van der Waals surface area (Å²) in [6, 6.07) is 6.72. The monoisotopic (exact) mass is 278 g/mol. The van der Waals surface area contributed by atoms with Gasteiger partial charge < -0.3 is 14.9 Å². The molecule has 0 aliphatic heterocycles. The SMILES string of the molecule is CCN(CC)CCCN(CC)C(=O)c1ccccc1O. The van der Waals surface area contributed by atoms with Crippen LogP contribution in [0.2, 0.25) is 0 Å². The van der Waals surface area contributed by atoms with Crippen molar-refractivity contribution in [2.24, 2.45) is 0 Å². The van der Waals surface area contributed by atoms with Crippen molar-refractivity contribution in [1.29, 1.82) is 0 Å². The van der Waals surface area contributed by atoms with Crippen molar-refractivity contribution in [3.8, 4) is 5.75 Å². The second-order valence-electron chi connectivity index (χ2n) is 4.78. The quantitative estimate of drug-likeness (QED) is 0.795. The first-order valence-electron chi connectivity index (χ1n) is 7.43. The minimum atomic E-state index is -0.0925. The van der Waals surface area contributed by atoms with Gasteiger partial charge in [-0.2, -0.15) is 0 Å². The fourth-order valence-electron chi connectivity index (χ4n) is 2.25. The van der Waals surface area contributed by atoms with E-state index >= 15 is 0 Å². The minimum absolute atomic E-state index is 0.0553. The predicted molar refractivity (Wildman–Crippen MR) is 82.1 cm³/mol. The Balaban J connectivity index is 2.58. The molecule has 1 N–H and O–H groups in total. The third-order valence-electron chi connectivity index (χ3n) is 3.60. The number of amides is 1. The first-order valence-corrected chi connectivity index (χ1v) is 7.43. The van der Waals surface area contributed by atoms with Crippen LogP contribution in [0.1, 0.15) is 37.6 Å². The molecule has 0 aliphatic rings. The number of rotatable bonds is 8. The molecule has 0 fully saturated rings. The van der Waals surface area contributed by atoms with Crippen molar-refractivity contribution >= 4 is 5.91 Å². The standard InChI is InChI=1S/C16H26N2O2/c1-4-17(5-2)12-9-13-18(6-3)16(20)14-10-7-8-11-15(14)19/h7-8,10-11,19H,4-6,9,12-13H2,1-3H3. The number of hydrogen-bond acceptors (Lipinski definition) is 3. The molecule has 0 unspecified atom stereocenters. The maximum Gasteiger partial charge on any atom is 0.257 e. The summed E-state index contributed by atoms with van der Waals surface area (Å²) in [6.07, 6.45) is 0.953. The fraction of sp³-hybridized carbons (Fsp3) is 0.562. The van der Waals surface area contributed by atoms with E-state index in [4.69, 9.17) is 0 Å². The third kappa shape index (κ3) is 4.53. The normalized spacial score (nSPS) is 10.8. The van der Waals surface area contributed by atoms with E-state index < -0.39 is 0 Å².